The zero-order chi connectivity index (χ0) is 22.8. The van der Waals surface area contributed by atoms with Crippen molar-refractivity contribution < 1.29 is 9.53 Å². The predicted molar refractivity (Wildman–Crippen MR) is 127 cm³/mol. The van der Waals surface area contributed by atoms with E-state index in [1.807, 2.05) is 49.6 Å². The number of ether oxygens (including phenoxy) is 1. The number of nitrogens with one attached hydrogen (secondary N) is 2. The number of carbonyl (C=O) groups is 1. The molecule has 1 fully saturated rings. The summed E-state index contributed by atoms with van der Waals surface area (Å²) >= 11 is 0. The molecule has 5 rings (SSSR count). The minimum absolute atomic E-state index is 0.136. The van der Waals surface area contributed by atoms with Gasteiger partial charge in [0.05, 0.1) is 30.6 Å². The average Bonchev–Trinajstić information content (AvgIpc) is 3.28. The fourth-order valence-electron chi connectivity index (χ4n) is 4.13. The van der Waals surface area contributed by atoms with Gasteiger partial charge < -0.3 is 19.9 Å². The Morgan fingerprint density at radius 3 is 2.73 bits per heavy atom. The quantitative estimate of drug-likeness (QED) is 0.489. The van der Waals surface area contributed by atoms with Crippen molar-refractivity contribution in [3.63, 3.8) is 0 Å². The third kappa shape index (κ3) is 4.42. The summed E-state index contributed by atoms with van der Waals surface area (Å²) in [5.74, 6) is -0.162. The summed E-state index contributed by atoms with van der Waals surface area (Å²) in [7, 11) is 0. The van der Waals surface area contributed by atoms with E-state index in [1.165, 1.54) is 0 Å². The molecule has 1 aliphatic heterocycles. The van der Waals surface area contributed by atoms with Gasteiger partial charge >= 0.3 is 0 Å². The normalized spacial score (nSPS) is 17.2. The number of aromatic nitrogens is 4. The Morgan fingerprint density at radius 2 is 1.97 bits per heavy atom. The summed E-state index contributed by atoms with van der Waals surface area (Å²) in [4.78, 5) is 31.4. The van der Waals surface area contributed by atoms with Crippen molar-refractivity contribution in [3.8, 4) is 11.1 Å². The first kappa shape index (κ1) is 21.1. The van der Waals surface area contributed by atoms with Crippen LogP contribution in [0, 0.1) is 0 Å². The number of anilines is 1. The maximum Gasteiger partial charge on any atom is 0.289 e. The van der Waals surface area contributed by atoms with E-state index in [0.29, 0.717) is 6.61 Å². The van der Waals surface area contributed by atoms with Gasteiger partial charge in [-0.1, -0.05) is 30.3 Å². The fraction of sp³-hybridized carbons (Fsp3) is 0.280. The van der Waals surface area contributed by atoms with Gasteiger partial charge in [-0.05, 0) is 25.5 Å². The van der Waals surface area contributed by atoms with E-state index >= 15 is 0 Å². The van der Waals surface area contributed by atoms with Crippen molar-refractivity contribution in [3.05, 3.63) is 72.6 Å². The van der Waals surface area contributed by atoms with Gasteiger partial charge in [0.25, 0.3) is 5.91 Å². The summed E-state index contributed by atoms with van der Waals surface area (Å²) in [6, 6.07) is 11.8. The van der Waals surface area contributed by atoms with Gasteiger partial charge in [0, 0.05) is 48.2 Å². The van der Waals surface area contributed by atoms with E-state index in [9.17, 15) is 4.79 Å². The Labute approximate surface area is 192 Å². The number of rotatable bonds is 5. The van der Waals surface area contributed by atoms with E-state index in [-0.39, 0.29) is 23.9 Å². The van der Waals surface area contributed by atoms with Crippen LogP contribution in [0.5, 0.6) is 0 Å². The molecule has 0 radical (unpaired) electrons. The molecule has 0 aliphatic carbocycles. The van der Waals surface area contributed by atoms with Crippen molar-refractivity contribution in [2.45, 2.75) is 26.0 Å². The van der Waals surface area contributed by atoms with Crippen LogP contribution in [-0.2, 0) is 4.74 Å². The zero-order valence-electron chi connectivity index (χ0n) is 18.7. The number of nitrogens with zero attached hydrogens (tertiary/aromatic N) is 4. The van der Waals surface area contributed by atoms with Crippen LogP contribution in [-0.4, -0.2) is 51.6 Å². The molecule has 1 aromatic carbocycles. The van der Waals surface area contributed by atoms with Gasteiger partial charge in [0.1, 0.15) is 5.65 Å². The highest BCUT2D eigenvalue weighted by Crippen LogP contribution is 2.30. The third-order valence-corrected chi connectivity index (χ3v) is 5.94. The SMILES string of the molecule is CC1CN(c2cnc3[nH]cc(-c4cnc(C(=O)N[C@H](C)c5ccccc5)nc4)c3c2)CCO1. The predicted octanol–water partition coefficient (Wildman–Crippen LogP) is 3.74. The summed E-state index contributed by atoms with van der Waals surface area (Å²) in [5.41, 5.74) is 4.66. The lowest BCUT2D eigenvalue weighted by Crippen LogP contribution is -2.41. The molecule has 8 heteroatoms. The second-order valence-corrected chi connectivity index (χ2v) is 8.32. The highest BCUT2D eigenvalue weighted by Gasteiger charge is 2.19. The van der Waals surface area contributed by atoms with E-state index in [2.05, 4.69) is 43.1 Å². The monoisotopic (exact) mass is 442 g/mol. The second kappa shape index (κ2) is 8.99. The van der Waals surface area contributed by atoms with E-state index in [1.54, 1.807) is 12.4 Å². The summed E-state index contributed by atoms with van der Waals surface area (Å²) in [6.07, 6.45) is 7.34. The van der Waals surface area contributed by atoms with E-state index in [0.717, 1.165) is 46.5 Å². The van der Waals surface area contributed by atoms with Crippen molar-refractivity contribution in [2.75, 3.05) is 24.6 Å². The molecule has 8 nitrogen and oxygen atoms in total. The standard InChI is InChI=1S/C25H26N6O2/c1-16-15-31(8-9-33-16)20-10-21-22(14-29-23(21)28-13-20)19-11-26-24(27-12-19)25(32)30-17(2)18-6-4-3-5-7-18/h3-7,10-14,16-17H,8-9,15H2,1-2H3,(H,28,29)(H,30,32)/t16?,17-/m1/s1. The summed E-state index contributed by atoms with van der Waals surface area (Å²) in [5, 5.41) is 3.94. The number of fused-ring (bicyclic) bond motifs is 1. The molecule has 1 unspecified atom stereocenters. The third-order valence-electron chi connectivity index (χ3n) is 5.94. The molecule has 3 aromatic heterocycles. The van der Waals surface area contributed by atoms with Crippen LogP contribution in [0.1, 0.15) is 36.1 Å². The van der Waals surface area contributed by atoms with Gasteiger partial charge in [0.2, 0.25) is 5.82 Å². The Kier molecular flexibility index (Phi) is 5.75. The second-order valence-electron chi connectivity index (χ2n) is 8.32. The van der Waals surface area contributed by atoms with Gasteiger partial charge in [-0.25, -0.2) is 15.0 Å². The Hall–Kier alpha value is -3.78. The van der Waals surface area contributed by atoms with Crippen LogP contribution >= 0.6 is 0 Å². The smallest absolute Gasteiger partial charge is 0.289 e. The number of pyridine rings is 1. The molecule has 4 aromatic rings. The minimum atomic E-state index is -0.304. The maximum atomic E-state index is 12.6. The molecule has 1 saturated heterocycles. The van der Waals surface area contributed by atoms with E-state index in [4.69, 9.17) is 4.74 Å². The van der Waals surface area contributed by atoms with Crippen LogP contribution < -0.4 is 10.2 Å². The van der Waals surface area contributed by atoms with Crippen molar-refractivity contribution in [1.82, 2.24) is 25.3 Å². The molecule has 33 heavy (non-hydrogen) atoms. The van der Waals surface area contributed by atoms with Crippen LogP contribution in [0.25, 0.3) is 22.2 Å². The topological polar surface area (TPSA) is 96.0 Å². The molecule has 4 heterocycles. The fourth-order valence-corrected chi connectivity index (χ4v) is 4.13. The lowest BCUT2D eigenvalue weighted by atomic mass is 10.1. The van der Waals surface area contributed by atoms with Crippen LogP contribution in [0.15, 0.2) is 61.2 Å². The molecule has 2 N–H and O–H groups in total. The molecule has 1 amide bonds. The maximum absolute atomic E-state index is 12.6. The molecule has 168 valence electrons. The number of hydrogen-bond donors (Lipinski definition) is 2. The molecule has 0 bridgehead atoms. The van der Waals surface area contributed by atoms with Gasteiger partial charge in [-0.3, -0.25) is 4.79 Å². The molecular formula is C25H26N6O2. The van der Waals surface area contributed by atoms with Crippen molar-refractivity contribution in [1.29, 1.82) is 0 Å². The number of morpholine rings is 1. The van der Waals surface area contributed by atoms with Gasteiger partial charge in [0.15, 0.2) is 0 Å². The van der Waals surface area contributed by atoms with Crippen LogP contribution in [0.4, 0.5) is 5.69 Å². The van der Waals surface area contributed by atoms with Crippen LogP contribution in [0.2, 0.25) is 0 Å². The molecule has 1 aliphatic rings. The Balaban J connectivity index is 1.36. The number of aromatic amines is 1. The summed E-state index contributed by atoms with van der Waals surface area (Å²) < 4.78 is 5.66. The first-order chi connectivity index (χ1) is 16.1. The van der Waals surface area contributed by atoms with Crippen molar-refractivity contribution >= 4 is 22.6 Å². The number of amides is 1. The molecule has 0 saturated carbocycles. The Bertz CT molecular complexity index is 1260. The van der Waals surface area contributed by atoms with Crippen molar-refractivity contribution in [2.24, 2.45) is 0 Å². The number of benzene rings is 1. The molecule has 2 atom stereocenters. The van der Waals surface area contributed by atoms with Crippen LogP contribution in [0.3, 0.4) is 0 Å². The molecular weight excluding hydrogens is 416 g/mol. The minimum Gasteiger partial charge on any atom is -0.375 e. The zero-order valence-corrected chi connectivity index (χ0v) is 18.7. The molecule has 0 spiro atoms. The van der Waals surface area contributed by atoms with Gasteiger partial charge in [-0.2, -0.15) is 0 Å². The number of hydrogen-bond acceptors (Lipinski definition) is 6. The first-order valence-corrected chi connectivity index (χ1v) is 11.1. The van der Waals surface area contributed by atoms with E-state index < -0.39 is 0 Å². The largest absolute Gasteiger partial charge is 0.375 e. The first-order valence-electron chi connectivity index (χ1n) is 11.1. The highest BCUT2D eigenvalue weighted by atomic mass is 16.5. The van der Waals surface area contributed by atoms with Gasteiger partial charge in [-0.15, -0.1) is 0 Å². The lowest BCUT2D eigenvalue weighted by Gasteiger charge is -2.32. The Morgan fingerprint density at radius 1 is 1.18 bits per heavy atom. The number of H-pyrrole nitrogens is 1. The average molecular weight is 443 g/mol. The number of carbonyl (C=O) groups excluding carboxylic acids is 1. The lowest BCUT2D eigenvalue weighted by molar-refractivity contribution is 0.0532. The summed E-state index contributed by atoms with van der Waals surface area (Å²) in [6.45, 7) is 6.40. The highest BCUT2D eigenvalue weighted by molar-refractivity contribution is 5.95.